The van der Waals surface area contributed by atoms with Crippen LogP contribution in [0.4, 0.5) is 0 Å². The van der Waals surface area contributed by atoms with E-state index in [1.807, 2.05) is 24.3 Å². The molecule has 0 fully saturated rings. The number of ketones is 1. The zero-order valence-electron chi connectivity index (χ0n) is 9.74. The fraction of sp³-hybridized carbons (Fsp3) is 0.214. The Morgan fingerprint density at radius 2 is 1.59 bits per heavy atom. The van der Waals surface area contributed by atoms with Crippen LogP contribution >= 0.6 is 0 Å². The second kappa shape index (κ2) is 3.48. The first-order valence-corrected chi connectivity index (χ1v) is 5.46. The van der Waals surface area contributed by atoms with Gasteiger partial charge in [-0.1, -0.05) is 6.07 Å². The van der Waals surface area contributed by atoms with Crippen LogP contribution in [0.15, 0.2) is 24.3 Å². The molecule has 1 aliphatic carbocycles. The molecule has 3 heteroatoms. The lowest BCUT2D eigenvalue weighted by Crippen LogP contribution is -1.94. The summed E-state index contributed by atoms with van der Waals surface area (Å²) in [6.07, 6.45) is 0.475. The molecule has 0 aromatic heterocycles. The molecule has 1 aliphatic rings. The Kier molecular flexibility index (Phi) is 2.08. The number of methoxy groups -OCH3 is 2. The molecule has 86 valence electrons. The summed E-state index contributed by atoms with van der Waals surface area (Å²) in [7, 11) is 3.25. The molecule has 3 nitrogen and oxygen atoms in total. The molecule has 0 saturated heterocycles. The lowest BCUT2D eigenvalue weighted by atomic mass is 10.0. The Bertz CT molecular complexity index is 619. The highest BCUT2D eigenvalue weighted by molar-refractivity contribution is 6.18. The molecule has 17 heavy (non-hydrogen) atoms. The van der Waals surface area contributed by atoms with Crippen LogP contribution in [0.25, 0.3) is 10.8 Å². The van der Waals surface area contributed by atoms with Crippen molar-refractivity contribution >= 4 is 16.6 Å². The van der Waals surface area contributed by atoms with Crippen molar-refractivity contribution in [2.45, 2.75) is 6.42 Å². The van der Waals surface area contributed by atoms with Crippen molar-refractivity contribution in [2.75, 3.05) is 14.2 Å². The van der Waals surface area contributed by atoms with Gasteiger partial charge < -0.3 is 9.47 Å². The van der Waals surface area contributed by atoms with E-state index in [-0.39, 0.29) is 5.78 Å². The SMILES string of the molecule is COc1ccc2c3c(ccc(OC)c13)C(=O)C2. The average molecular weight is 228 g/mol. The molecule has 3 rings (SSSR count). The van der Waals surface area contributed by atoms with E-state index in [4.69, 9.17) is 9.47 Å². The number of Topliss-reactive ketones (excluding diaryl/α,β-unsaturated/α-hetero) is 1. The largest absolute Gasteiger partial charge is 0.496 e. The zero-order valence-corrected chi connectivity index (χ0v) is 9.74. The maximum atomic E-state index is 11.9. The molecule has 0 heterocycles. The van der Waals surface area contributed by atoms with Crippen LogP contribution in [0.5, 0.6) is 11.5 Å². The van der Waals surface area contributed by atoms with Crippen molar-refractivity contribution < 1.29 is 14.3 Å². The van der Waals surface area contributed by atoms with Crippen LogP contribution in [-0.4, -0.2) is 20.0 Å². The summed E-state index contributed by atoms with van der Waals surface area (Å²) in [6, 6.07) is 7.50. The van der Waals surface area contributed by atoms with Gasteiger partial charge in [-0.25, -0.2) is 0 Å². The Labute approximate surface area is 99.0 Å². The monoisotopic (exact) mass is 228 g/mol. The maximum absolute atomic E-state index is 11.9. The normalized spacial score (nSPS) is 13.2. The smallest absolute Gasteiger partial charge is 0.167 e. The topological polar surface area (TPSA) is 35.5 Å². The summed E-state index contributed by atoms with van der Waals surface area (Å²) in [6.45, 7) is 0. The molecule has 0 atom stereocenters. The Morgan fingerprint density at radius 3 is 2.24 bits per heavy atom. The van der Waals surface area contributed by atoms with Crippen molar-refractivity contribution in [2.24, 2.45) is 0 Å². The second-order valence-corrected chi connectivity index (χ2v) is 4.09. The molecule has 0 unspecified atom stereocenters. The van der Waals surface area contributed by atoms with Crippen molar-refractivity contribution in [3.8, 4) is 11.5 Å². The number of hydrogen-bond donors (Lipinski definition) is 0. The molecule has 0 N–H and O–H groups in total. The van der Waals surface area contributed by atoms with E-state index < -0.39 is 0 Å². The van der Waals surface area contributed by atoms with Crippen LogP contribution in [-0.2, 0) is 6.42 Å². The summed E-state index contributed by atoms with van der Waals surface area (Å²) in [5, 5.41) is 1.88. The Hall–Kier alpha value is -2.03. The minimum atomic E-state index is 0.168. The molecule has 0 radical (unpaired) electrons. The third-order valence-corrected chi connectivity index (χ3v) is 3.26. The van der Waals surface area contributed by atoms with E-state index in [1.54, 1.807) is 14.2 Å². The first kappa shape index (κ1) is 10.1. The van der Waals surface area contributed by atoms with E-state index >= 15 is 0 Å². The lowest BCUT2D eigenvalue weighted by molar-refractivity contribution is 0.1000. The van der Waals surface area contributed by atoms with Gasteiger partial charge in [-0.3, -0.25) is 4.79 Å². The highest BCUT2D eigenvalue weighted by Gasteiger charge is 2.25. The van der Waals surface area contributed by atoms with Crippen molar-refractivity contribution in [1.82, 2.24) is 0 Å². The number of carbonyl (C=O) groups excluding carboxylic acids is 1. The molecular weight excluding hydrogens is 216 g/mol. The van der Waals surface area contributed by atoms with Crippen molar-refractivity contribution in [3.63, 3.8) is 0 Å². The first-order valence-electron chi connectivity index (χ1n) is 5.46. The fourth-order valence-electron chi connectivity index (χ4n) is 2.49. The molecule has 0 aliphatic heterocycles. The van der Waals surface area contributed by atoms with Crippen LogP contribution in [0, 0.1) is 0 Å². The summed E-state index contributed by atoms with van der Waals surface area (Å²) < 4.78 is 10.7. The van der Waals surface area contributed by atoms with Gasteiger partial charge in [-0.15, -0.1) is 0 Å². The number of benzene rings is 2. The van der Waals surface area contributed by atoms with Crippen molar-refractivity contribution in [1.29, 1.82) is 0 Å². The van der Waals surface area contributed by atoms with Gasteiger partial charge in [0.25, 0.3) is 0 Å². The third kappa shape index (κ3) is 1.25. The number of carbonyl (C=O) groups is 1. The highest BCUT2D eigenvalue weighted by atomic mass is 16.5. The van der Waals surface area contributed by atoms with E-state index in [2.05, 4.69) is 0 Å². The van der Waals surface area contributed by atoms with E-state index in [0.29, 0.717) is 6.42 Å². The first-order chi connectivity index (χ1) is 8.26. The van der Waals surface area contributed by atoms with Crippen LogP contribution in [0.2, 0.25) is 0 Å². The van der Waals surface area contributed by atoms with Gasteiger partial charge in [-0.05, 0) is 23.8 Å². The summed E-state index contributed by atoms with van der Waals surface area (Å²) >= 11 is 0. The molecule has 0 amide bonds. The maximum Gasteiger partial charge on any atom is 0.167 e. The van der Waals surface area contributed by atoms with Crippen LogP contribution in [0.1, 0.15) is 15.9 Å². The third-order valence-electron chi connectivity index (χ3n) is 3.26. The zero-order chi connectivity index (χ0) is 12.0. The van der Waals surface area contributed by atoms with E-state index in [0.717, 1.165) is 33.4 Å². The van der Waals surface area contributed by atoms with Gasteiger partial charge in [0.05, 0.1) is 19.6 Å². The van der Waals surface area contributed by atoms with Gasteiger partial charge in [0.1, 0.15) is 11.5 Å². The van der Waals surface area contributed by atoms with Gasteiger partial charge in [0.2, 0.25) is 0 Å². The Balaban J connectivity index is 2.50. The predicted octanol–water partition coefficient (Wildman–Crippen LogP) is 2.60. The molecule has 2 aromatic carbocycles. The summed E-state index contributed by atoms with van der Waals surface area (Å²) in [4.78, 5) is 11.9. The number of hydrogen-bond acceptors (Lipinski definition) is 3. The Morgan fingerprint density at radius 1 is 0.941 bits per heavy atom. The summed E-state index contributed by atoms with van der Waals surface area (Å²) in [5.41, 5.74) is 1.83. The predicted molar refractivity (Wildman–Crippen MR) is 65.1 cm³/mol. The molecule has 0 saturated carbocycles. The minimum Gasteiger partial charge on any atom is -0.496 e. The highest BCUT2D eigenvalue weighted by Crippen LogP contribution is 2.41. The number of ether oxygens (including phenoxy) is 2. The minimum absolute atomic E-state index is 0.168. The second-order valence-electron chi connectivity index (χ2n) is 4.09. The summed E-state index contributed by atoms with van der Waals surface area (Å²) in [5.74, 6) is 1.66. The molecule has 2 aromatic rings. The van der Waals surface area contributed by atoms with Gasteiger partial charge >= 0.3 is 0 Å². The standard InChI is InChI=1S/C14H12O3/c1-16-11-5-3-8-7-10(15)9-4-6-12(17-2)14(11)13(8)9/h3-6H,7H2,1-2H3. The van der Waals surface area contributed by atoms with Crippen LogP contribution in [0.3, 0.4) is 0 Å². The quantitative estimate of drug-likeness (QED) is 0.792. The van der Waals surface area contributed by atoms with E-state index in [9.17, 15) is 4.79 Å². The fourth-order valence-corrected chi connectivity index (χ4v) is 2.49. The van der Waals surface area contributed by atoms with Gasteiger partial charge in [0.15, 0.2) is 5.78 Å². The van der Waals surface area contributed by atoms with E-state index in [1.165, 1.54) is 0 Å². The van der Waals surface area contributed by atoms with Crippen molar-refractivity contribution in [3.05, 3.63) is 35.4 Å². The van der Waals surface area contributed by atoms with Gasteiger partial charge in [0, 0.05) is 17.4 Å². The van der Waals surface area contributed by atoms with Gasteiger partial charge in [-0.2, -0.15) is 0 Å². The number of rotatable bonds is 2. The average Bonchev–Trinajstić information content (AvgIpc) is 2.68. The lowest BCUT2D eigenvalue weighted by Gasteiger charge is -2.11. The molecule has 0 bridgehead atoms. The molecule has 0 spiro atoms. The molecular formula is C14H12O3. The van der Waals surface area contributed by atoms with Crippen LogP contribution < -0.4 is 9.47 Å².